The van der Waals surface area contributed by atoms with Crippen LogP contribution in [0.5, 0.6) is 0 Å². The fourth-order valence-corrected chi connectivity index (χ4v) is 3.04. The predicted octanol–water partition coefficient (Wildman–Crippen LogP) is 4.18. The van der Waals surface area contributed by atoms with Gasteiger partial charge in [-0.05, 0) is 43.9 Å². The van der Waals surface area contributed by atoms with Gasteiger partial charge in [-0.25, -0.2) is 0 Å². The van der Waals surface area contributed by atoms with E-state index in [1.54, 1.807) is 0 Å². The SMILES string of the molecule is CCSCC(C)NC(c1ccc(C)cc1)C1CC1. The van der Waals surface area contributed by atoms with Crippen LogP contribution in [0.4, 0.5) is 0 Å². The summed E-state index contributed by atoms with van der Waals surface area (Å²) in [5, 5.41) is 3.83. The summed E-state index contributed by atoms with van der Waals surface area (Å²) < 4.78 is 0. The predicted molar refractivity (Wildman–Crippen MR) is 82.2 cm³/mol. The third kappa shape index (κ3) is 4.03. The largest absolute Gasteiger partial charge is 0.306 e. The van der Waals surface area contributed by atoms with Crippen LogP contribution in [0.2, 0.25) is 0 Å². The summed E-state index contributed by atoms with van der Waals surface area (Å²) in [6.45, 7) is 6.70. The van der Waals surface area contributed by atoms with Crippen molar-refractivity contribution in [3.05, 3.63) is 35.4 Å². The first-order valence-electron chi connectivity index (χ1n) is 7.11. The van der Waals surface area contributed by atoms with Gasteiger partial charge in [0.15, 0.2) is 0 Å². The second-order valence-corrected chi connectivity index (χ2v) is 6.77. The molecule has 0 aromatic heterocycles. The van der Waals surface area contributed by atoms with Gasteiger partial charge in [0.05, 0.1) is 0 Å². The normalized spacial score (nSPS) is 18.6. The van der Waals surface area contributed by atoms with Gasteiger partial charge in [0.2, 0.25) is 0 Å². The Morgan fingerprint density at radius 1 is 1.28 bits per heavy atom. The molecular formula is C16H25NS. The third-order valence-electron chi connectivity index (χ3n) is 3.57. The fourth-order valence-electron chi connectivity index (χ4n) is 2.36. The highest BCUT2D eigenvalue weighted by Crippen LogP contribution is 2.41. The smallest absolute Gasteiger partial charge is 0.0351 e. The van der Waals surface area contributed by atoms with Crippen LogP contribution >= 0.6 is 11.8 Å². The van der Waals surface area contributed by atoms with Gasteiger partial charge in [-0.3, -0.25) is 0 Å². The molecule has 1 saturated carbocycles. The molecule has 2 atom stereocenters. The summed E-state index contributed by atoms with van der Waals surface area (Å²) >= 11 is 2.03. The van der Waals surface area contributed by atoms with Gasteiger partial charge < -0.3 is 5.32 Å². The maximum absolute atomic E-state index is 3.83. The highest BCUT2D eigenvalue weighted by molar-refractivity contribution is 7.99. The minimum absolute atomic E-state index is 0.568. The highest BCUT2D eigenvalue weighted by Gasteiger charge is 2.32. The van der Waals surface area contributed by atoms with Crippen LogP contribution < -0.4 is 5.32 Å². The van der Waals surface area contributed by atoms with Crippen molar-refractivity contribution in [3.63, 3.8) is 0 Å². The summed E-state index contributed by atoms with van der Waals surface area (Å²) in [5.41, 5.74) is 2.82. The zero-order valence-corrected chi connectivity index (χ0v) is 12.6. The van der Waals surface area contributed by atoms with Crippen LogP contribution in [-0.2, 0) is 0 Å². The molecule has 1 nitrogen and oxygen atoms in total. The lowest BCUT2D eigenvalue weighted by atomic mass is 10.0. The van der Waals surface area contributed by atoms with E-state index in [0.717, 1.165) is 5.92 Å². The molecule has 0 bridgehead atoms. The second kappa shape index (κ2) is 6.63. The maximum atomic E-state index is 3.83. The number of thioether (sulfide) groups is 1. The van der Waals surface area contributed by atoms with Gasteiger partial charge in [0.25, 0.3) is 0 Å². The molecule has 100 valence electrons. The molecule has 1 fully saturated rings. The molecule has 0 radical (unpaired) electrons. The van der Waals surface area contributed by atoms with Gasteiger partial charge in [0, 0.05) is 17.8 Å². The summed E-state index contributed by atoms with van der Waals surface area (Å²) in [6.07, 6.45) is 2.78. The summed E-state index contributed by atoms with van der Waals surface area (Å²) in [7, 11) is 0. The van der Waals surface area contributed by atoms with E-state index in [1.807, 2.05) is 11.8 Å². The molecule has 0 spiro atoms. The number of rotatable bonds is 7. The van der Waals surface area contributed by atoms with E-state index in [-0.39, 0.29) is 0 Å². The maximum Gasteiger partial charge on any atom is 0.0351 e. The summed E-state index contributed by atoms with van der Waals surface area (Å²) in [4.78, 5) is 0. The minimum Gasteiger partial charge on any atom is -0.306 e. The first-order valence-corrected chi connectivity index (χ1v) is 8.26. The zero-order valence-electron chi connectivity index (χ0n) is 11.8. The molecule has 2 rings (SSSR count). The molecule has 18 heavy (non-hydrogen) atoms. The van der Waals surface area contributed by atoms with Crippen molar-refractivity contribution in [3.8, 4) is 0 Å². The van der Waals surface area contributed by atoms with Gasteiger partial charge in [-0.2, -0.15) is 11.8 Å². The van der Waals surface area contributed by atoms with E-state index in [4.69, 9.17) is 0 Å². The van der Waals surface area contributed by atoms with Crippen LogP contribution in [0.25, 0.3) is 0 Å². The minimum atomic E-state index is 0.568. The quantitative estimate of drug-likeness (QED) is 0.792. The lowest BCUT2D eigenvalue weighted by Crippen LogP contribution is -2.33. The van der Waals surface area contributed by atoms with E-state index in [2.05, 4.69) is 50.4 Å². The second-order valence-electron chi connectivity index (χ2n) is 5.45. The van der Waals surface area contributed by atoms with Crippen LogP contribution in [0.15, 0.2) is 24.3 Å². The molecule has 1 aromatic carbocycles. The van der Waals surface area contributed by atoms with Crippen molar-refractivity contribution < 1.29 is 0 Å². The molecule has 0 saturated heterocycles. The van der Waals surface area contributed by atoms with Crippen LogP contribution in [-0.4, -0.2) is 17.5 Å². The number of benzene rings is 1. The van der Waals surface area contributed by atoms with Gasteiger partial charge in [0.1, 0.15) is 0 Å². The Morgan fingerprint density at radius 3 is 2.50 bits per heavy atom. The van der Waals surface area contributed by atoms with Gasteiger partial charge >= 0.3 is 0 Å². The lowest BCUT2D eigenvalue weighted by Gasteiger charge is -2.23. The van der Waals surface area contributed by atoms with Gasteiger partial charge in [-0.15, -0.1) is 0 Å². The molecule has 1 aliphatic rings. The van der Waals surface area contributed by atoms with E-state index in [1.165, 1.54) is 35.5 Å². The molecular weight excluding hydrogens is 238 g/mol. The van der Waals surface area contributed by atoms with Crippen molar-refractivity contribution in [2.75, 3.05) is 11.5 Å². The Kier molecular flexibility index (Phi) is 5.13. The zero-order chi connectivity index (χ0) is 13.0. The van der Waals surface area contributed by atoms with Crippen molar-refractivity contribution in [2.24, 2.45) is 5.92 Å². The van der Waals surface area contributed by atoms with Crippen LogP contribution in [0, 0.1) is 12.8 Å². The Labute approximate surface area is 116 Å². The molecule has 2 unspecified atom stereocenters. The average molecular weight is 263 g/mol. The first-order chi connectivity index (χ1) is 8.70. The van der Waals surface area contributed by atoms with E-state index in [9.17, 15) is 0 Å². The average Bonchev–Trinajstić information content (AvgIpc) is 3.19. The number of nitrogens with one attached hydrogen (secondary N) is 1. The Hall–Kier alpha value is -0.470. The highest BCUT2D eigenvalue weighted by atomic mass is 32.2. The first kappa shape index (κ1) is 14.0. The molecule has 1 N–H and O–H groups in total. The molecule has 0 heterocycles. The lowest BCUT2D eigenvalue weighted by molar-refractivity contribution is 0.440. The molecule has 1 aliphatic carbocycles. The van der Waals surface area contributed by atoms with Gasteiger partial charge in [-0.1, -0.05) is 36.8 Å². The van der Waals surface area contributed by atoms with Crippen molar-refractivity contribution in [2.45, 2.75) is 45.7 Å². The topological polar surface area (TPSA) is 12.0 Å². The third-order valence-corrected chi connectivity index (χ3v) is 4.71. The van der Waals surface area contributed by atoms with E-state index >= 15 is 0 Å². The fraction of sp³-hybridized carbons (Fsp3) is 0.625. The van der Waals surface area contributed by atoms with Crippen molar-refractivity contribution in [1.29, 1.82) is 0 Å². The Balaban J connectivity index is 1.97. The summed E-state index contributed by atoms with van der Waals surface area (Å²) in [5.74, 6) is 3.29. The Bertz CT molecular complexity index is 356. The number of hydrogen-bond acceptors (Lipinski definition) is 2. The molecule has 2 heteroatoms. The standard InChI is InChI=1S/C16H25NS/c1-4-18-11-13(3)17-16(15-9-10-15)14-7-5-12(2)6-8-14/h5-8,13,15-17H,4,9-11H2,1-3H3. The van der Waals surface area contributed by atoms with Crippen molar-refractivity contribution in [1.82, 2.24) is 5.32 Å². The number of hydrogen-bond donors (Lipinski definition) is 1. The van der Waals surface area contributed by atoms with Crippen LogP contribution in [0.1, 0.15) is 43.9 Å². The van der Waals surface area contributed by atoms with Crippen molar-refractivity contribution >= 4 is 11.8 Å². The Morgan fingerprint density at radius 2 is 1.94 bits per heavy atom. The molecule has 0 amide bonds. The van der Waals surface area contributed by atoms with E-state index < -0.39 is 0 Å². The monoisotopic (exact) mass is 263 g/mol. The van der Waals surface area contributed by atoms with E-state index in [0.29, 0.717) is 12.1 Å². The number of aryl methyl sites for hydroxylation is 1. The van der Waals surface area contributed by atoms with Crippen LogP contribution in [0.3, 0.4) is 0 Å². The molecule has 0 aliphatic heterocycles. The summed E-state index contributed by atoms with van der Waals surface area (Å²) in [6, 6.07) is 10.2. The molecule has 1 aromatic rings.